The van der Waals surface area contributed by atoms with Crippen molar-refractivity contribution < 1.29 is 14.6 Å². The lowest BCUT2D eigenvalue weighted by molar-refractivity contribution is -0.147. The number of hydrogen-bond donors (Lipinski definition) is 3. The summed E-state index contributed by atoms with van der Waals surface area (Å²) < 4.78 is 5.46. The summed E-state index contributed by atoms with van der Waals surface area (Å²) in [5.41, 5.74) is 0.306. The van der Waals surface area contributed by atoms with Gasteiger partial charge in [-0.15, -0.1) is 12.4 Å². The predicted molar refractivity (Wildman–Crippen MR) is 88.3 cm³/mol. The van der Waals surface area contributed by atoms with Gasteiger partial charge in [0.05, 0.1) is 6.10 Å². The number of benzene rings is 1. The molecular weight excluding hydrogens is 304 g/mol. The summed E-state index contributed by atoms with van der Waals surface area (Å²) in [6.45, 7) is 1.79. The molecule has 6 heteroatoms. The first-order chi connectivity index (χ1) is 10.2. The molecular formula is C16H25ClN2O3. The molecule has 1 aliphatic rings. The molecule has 2 rings (SSSR count). The van der Waals surface area contributed by atoms with Gasteiger partial charge in [-0.3, -0.25) is 4.79 Å². The van der Waals surface area contributed by atoms with Gasteiger partial charge in [0.2, 0.25) is 0 Å². The average Bonchev–Trinajstić information content (AvgIpc) is 2.54. The van der Waals surface area contributed by atoms with Crippen LogP contribution in [0.4, 0.5) is 0 Å². The number of ether oxygens (including phenoxy) is 1. The summed E-state index contributed by atoms with van der Waals surface area (Å²) in [7, 11) is 1.57. The van der Waals surface area contributed by atoms with Gasteiger partial charge in [0.1, 0.15) is 5.60 Å². The normalized spacial score (nSPS) is 18.1. The number of nitrogens with one attached hydrogen (secondary N) is 2. The minimum absolute atomic E-state index is 0. The van der Waals surface area contributed by atoms with Crippen LogP contribution < -0.4 is 10.6 Å². The van der Waals surface area contributed by atoms with Crippen LogP contribution in [0.2, 0.25) is 0 Å². The van der Waals surface area contributed by atoms with Crippen LogP contribution >= 0.6 is 12.4 Å². The average molecular weight is 329 g/mol. The number of amides is 1. The molecule has 1 unspecified atom stereocenters. The van der Waals surface area contributed by atoms with Crippen LogP contribution in [0.5, 0.6) is 0 Å². The monoisotopic (exact) mass is 328 g/mol. The van der Waals surface area contributed by atoms with Crippen molar-refractivity contribution in [3.63, 3.8) is 0 Å². The molecule has 5 nitrogen and oxygen atoms in total. The number of halogens is 1. The second-order valence-electron chi connectivity index (χ2n) is 5.50. The number of rotatable bonds is 6. The van der Waals surface area contributed by atoms with Gasteiger partial charge >= 0.3 is 0 Å². The predicted octanol–water partition coefficient (Wildman–Crippen LogP) is 0.897. The molecule has 1 aromatic rings. The van der Waals surface area contributed by atoms with Crippen molar-refractivity contribution in [2.75, 3.05) is 26.7 Å². The molecule has 1 heterocycles. The van der Waals surface area contributed by atoms with E-state index in [1.807, 2.05) is 30.3 Å². The minimum atomic E-state index is -0.752. The van der Waals surface area contributed by atoms with E-state index in [1.54, 1.807) is 7.11 Å². The van der Waals surface area contributed by atoms with E-state index < -0.39 is 11.7 Å². The Morgan fingerprint density at radius 3 is 2.59 bits per heavy atom. The smallest absolute Gasteiger partial charge is 0.252 e. The molecule has 124 valence electrons. The molecule has 1 aliphatic heterocycles. The van der Waals surface area contributed by atoms with Crippen molar-refractivity contribution in [1.82, 2.24) is 10.6 Å². The van der Waals surface area contributed by atoms with Crippen LogP contribution in [0.3, 0.4) is 0 Å². The number of piperidine rings is 1. The van der Waals surface area contributed by atoms with E-state index in [0.29, 0.717) is 19.3 Å². The highest BCUT2D eigenvalue weighted by atomic mass is 35.5. The van der Waals surface area contributed by atoms with Crippen molar-refractivity contribution >= 4 is 18.3 Å². The Hall–Kier alpha value is -1.14. The lowest BCUT2D eigenvalue weighted by Gasteiger charge is -2.35. The zero-order valence-electron chi connectivity index (χ0n) is 12.9. The van der Waals surface area contributed by atoms with Gasteiger partial charge in [-0.2, -0.15) is 0 Å². The van der Waals surface area contributed by atoms with Gasteiger partial charge in [0, 0.05) is 20.1 Å². The molecule has 1 saturated heterocycles. The van der Waals surface area contributed by atoms with Gasteiger partial charge in [-0.25, -0.2) is 0 Å². The van der Waals surface area contributed by atoms with Gasteiger partial charge in [0.25, 0.3) is 5.91 Å². The van der Waals surface area contributed by atoms with E-state index in [2.05, 4.69) is 10.6 Å². The molecule has 1 aromatic carbocycles. The highest BCUT2D eigenvalue weighted by Gasteiger charge is 2.39. The van der Waals surface area contributed by atoms with Gasteiger partial charge in [0.15, 0.2) is 0 Å². The Bertz CT molecular complexity index is 450. The fourth-order valence-corrected chi connectivity index (χ4v) is 2.68. The summed E-state index contributed by atoms with van der Waals surface area (Å²) in [5.74, 6) is -0.126. The summed E-state index contributed by atoms with van der Waals surface area (Å²) in [4.78, 5) is 12.3. The third-order valence-corrected chi connectivity index (χ3v) is 4.03. The van der Waals surface area contributed by atoms with Crippen molar-refractivity contribution in [2.45, 2.75) is 31.0 Å². The largest absolute Gasteiger partial charge is 0.391 e. The quantitative estimate of drug-likeness (QED) is 0.725. The number of aliphatic hydroxyl groups is 1. The van der Waals surface area contributed by atoms with Gasteiger partial charge in [-0.1, -0.05) is 30.3 Å². The first kappa shape index (κ1) is 18.9. The second kappa shape index (κ2) is 9.10. The molecule has 3 N–H and O–H groups in total. The third kappa shape index (κ3) is 4.95. The topological polar surface area (TPSA) is 70.6 Å². The first-order valence-electron chi connectivity index (χ1n) is 7.42. The molecule has 0 spiro atoms. The SMILES string of the molecule is COC1(C(=O)NCC(O)Cc2ccccc2)CCNCC1.Cl. The standard InChI is InChI=1S/C16H24N2O3.ClH/c1-21-16(7-9-17-10-8-16)15(20)18-12-14(19)11-13-5-3-2-4-6-13;/h2-6,14,17,19H,7-12H2,1H3,(H,18,20);1H. The molecule has 0 bridgehead atoms. The van der Waals surface area contributed by atoms with Crippen LogP contribution in [0, 0.1) is 0 Å². The van der Waals surface area contributed by atoms with Crippen molar-refractivity contribution in [3.05, 3.63) is 35.9 Å². The van der Waals surface area contributed by atoms with E-state index in [0.717, 1.165) is 18.7 Å². The molecule has 1 atom stereocenters. The molecule has 22 heavy (non-hydrogen) atoms. The Labute approximate surface area is 137 Å². The number of carbonyl (C=O) groups excluding carboxylic acids is 1. The zero-order valence-corrected chi connectivity index (χ0v) is 13.7. The summed E-state index contributed by atoms with van der Waals surface area (Å²) in [5, 5.41) is 16.1. The Balaban J connectivity index is 0.00000242. The zero-order chi connectivity index (χ0) is 15.1. The molecule has 0 aromatic heterocycles. The van der Waals surface area contributed by atoms with Crippen LogP contribution in [-0.2, 0) is 16.0 Å². The Morgan fingerprint density at radius 1 is 1.36 bits per heavy atom. The van der Waals surface area contributed by atoms with E-state index in [-0.39, 0.29) is 24.9 Å². The Kier molecular flexibility index (Phi) is 7.82. The molecule has 1 fully saturated rings. The molecule has 1 amide bonds. The minimum Gasteiger partial charge on any atom is -0.391 e. The highest BCUT2D eigenvalue weighted by molar-refractivity contribution is 5.85. The van der Waals surface area contributed by atoms with Gasteiger partial charge in [-0.05, 0) is 31.5 Å². The van der Waals surface area contributed by atoms with E-state index in [9.17, 15) is 9.90 Å². The lowest BCUT2D eigenvalue weighted by atomic mass is 9.91. The Morgan fingerprint density at radius 2 is 2.00 bits per heavy atom. The van der Waals surface area contributed by atoms with Crippen LogP contribution in [0.1, 0.15) is 18.4 Å². The molecule has 0 radical (unpaired) electrons. The van der Waals surface area contributed by atoms with Gasteiger partial charge < -0.3 is 20.5 Å². The number of hydrogen-bond acceptors (Lipinski definition) is 4. The van der Waals surface area contributed by atoms with Crippen molar-refractivity contribution in [3.8, 4) is 0 Å². The maximum Gasteiger partial charge on any atom is 0.252 e. The number of carbonyl (C=O) groups is 1. The third-order valence-electron chi connectivity index (χ3n) is 4.03. The van der Waals surface area contributed by atoms with E-state index in [1.165, 1.54) is 0 Å². The summed E-state index contributed by atoms with van der Waals surface area (Å²) in [6.07, 6.45) is 1.25. The maximum absolute atomic E-state index is 12.3. The molecule has 0 saturated carbocycles. The van der Waals surface area contributed by atoms with Crippen LogP contribution in [0.15, 0.2) is 30.3 Å². The molecule has 0 aliphatic carbocycles. The lowest BCUT2D eigenvalue weighted by Crippen LogP contribution is -2.55. The fourth-order valence-electron chi connectivity index (χ4n) is 2.68. The van der Waals surface area contributed by atoms with Crippen LogP contribution in [-0.4, -0.2) is 49.5 Å². The maximum atomic E-state index is 12.3. The number of methoxy groups -OCH3 is 1. The van der Waals surface area contributed by atoms with Crippen molar-refractivity contribution in [2.24, 2.45) is 0 Å². The first-order valence-corrected chi connectivity index (χ1v) is 7.42. The summed E-state index contributed by atoms with van der Waals surface area (Å²) >= 11 is 0. The highest BCUT2D eigenvalue weighted by Crippen LogP contribution is 2.22. The van der Waals surface area contributed by atoms with E-state index in [4.69, 9.17) is 4.74 Å². The fraction of sp³-hybridized carbons (Fsp3) is 0.562. The van der Waals surface area contributed by atoms with Crippen molar-refractivity contribution in [1.29, 1.82) is 0 Å². The van der Waals surface area contributed by atoms with E-state index >= 15 is 0 Å². The summed E-state index contributed by atoms with van der Waals surface area (Å²) in [6, 6.07) is 9.76. The number of aliphatic hydroxyl groups excluding tert-OH is 1. The second-order valence-corrected chi connectivity index (χ2v) is 5.50. The van der Waals surface area contributed by atoms with Crippen LogP contribution in [0.25, 0.3) is 0 Å².